The lowest BCUT2D eigenvalue weighted by Crippen LogP contribution is -2.39. The molecule has 0 radical (unpaired) electrons. The Bertz CT molecular complexity index is 763. The van der Waals surface area contributed by atoms with Crippen LogP contribution in [-0.2, 0) is 19.1 Å². The number of allylic oxidation sites excluding steroid dienone is 1. The van der Waals surface area contributed by atoms with Crippen LogP contribution in [0.1, 0.15) is 143 Å². The molecular formula is C35H65N3O5S. The Labute approximate surface area is 273 Å². The van der Waals surface area contributed by atoms with Crippen LogP contribution in [0, 0.1) is 0 Å². The molecule has 3 N–H and O–H groups in total. The molecule has 0 aromatic carbocycles. The molecule has 1 atom stereocenters. The molecule has 0 aliphatic heterocycles. The van der Waals surface area contributed by atoms with Crippen LogP contribution in [-0.4, -0.2) is 60.2 Å². The van der Waals surface area contributed by atoms with E-state index in [2.05, 4.69) is 26.1 Å². The molecule has 1 unspecified atom stereocenters. The second-order valence-corrected chi connectivity index (χ2v) is 12.6. The average Bonchev–Trinajstić information content (AvgIpc) is 3.01. The third-order valence-corrected chi connectivity index (χ3v) is 8.34. The van der Waals surface area contributed by atoms with Gasteiger partial charge in [-0.15, -0.1) is 0 Å². The van der Waals surface area contributed by atoms with Gasteiger partial charge in [0.15, 0.2) is 0 Å². The lowest BCUT2D eigenvalue weighted by Gasteiger charge is -2.23. The number of nitrogens with two attached hydrogens (primary N) is 1. The van der Waals surface area contributed by atoms with Crippen LogP contribution >= 0.6 is 11.8 Å². The fourth-order valence-corrected chi connectivity index (χ4v) is 5.52. The van der Waals surface area contributed by atoms with Crippen molar-refractivity contribution < 1.29 is 23.9 Å². The molecule has 0 bridgehead atoms. The highest BCUT2D eigenvalue weighted by molar-refractivity contribution is 8.13. The van der Waals surface area contributed by atoms with Crippen molar-refractivity contribution in [3.05, 3.63) is 24.6 Å². The molecule has 256 valence electrons. The first-order valence-electron chi connectivity index (χ1n) is 17.5. The molecule has 0 saturated carbocycles. The van der Waals surface area contributed by atoms with E-state index in [-0.39, 0.29) is 31.0 Å². The van der Waals surface area contributed by atoms with Crippen molar-refractivity contribution in [2.24, 2.45) is 5.73 Å². The first kappa shape index (κ1) is 41.8. The van der Waals surface area contributed by atoms with E-state index in [1.165, 1.54) is 75.3 Å². The van der Waals surface area contributed by atoms with Gasteiger partial charge in [0.1, 0.15) is 25.8 Å². The number of carbonyl (C=O) groups excluding carboxylic acids is 3. The van der Waals surface area contributed by atoms with Crippen molar-refractivity contribution >= 4 is 28.9 Å². The van der Waals surface area contributed by atoms with Crippen molar-refractivity contribution in [1.29, 1.82) is 0 Å². The van der Waals surface area contributed by atoms with Gasteiger partial charge in [-0.1, -0.05) is 122 Å². The fourth-order valence-electron chi connectivity index (χ4n) is 4.75. The molecule has 0 spiro atoms. The number of rotatable bonds is 30. The predicted molar refractivity (Wildman–Crippen MR) is 185 cm³/mol. The number of hydrogen-bond donors (Lipinski definition) is 2. The number of esters is 2. The number of amides is 1. The maximum Gasteiger partial charge on any atom is 0.326 e. The van der Waals surface area contributed by atoms with Gasteiger partial charge in [0.2, 0.25) is 0 Å². The van der Waals surface area contributed by atoms with Gasteiger partial charge in [-0.2, -0.15) is 0 Å². The summed E-state index contributed by atoms with van der Waals surface area (Å²) in [4.78, 5) is 40.0. The lowest BCUT2D eigenvalue weighted by atomic mass is 10.0. The van der Waals surface area contributed by atoms with Gasteiger partial charge in [0.25, 0.3) is 5.24 Å². The largest absolute Gasteiger partial charge is 0.461 e. The third kappa shape index (κ3) is 27.4. The highest BCUT2D eigenvalue weighted by atomic mass is 32.2. The fraction of sp³-hybridized carbons (Fsp3) is 0.800. The highest BCUT2D eigenvalue weighted by Crippen LogP contribution is 2.18. The van der Waals surface area contributed by atoms with Gasteiger partial charge in [0, 0.05) is 24.7 Å². The first-order valence-corrected chi connectivity index (χ1v) is 18.5. The number of thioether (sulfide) groups is 1. The lowest BCUT2D eigenvalue weighted by molar-refractivity contribution is -0.151. The van der Waals surface area contributed by atoms with Crippen molar-refractivity contribution in [1.82, 2.24) is 10.2 Å². The van der Waals surface area contributed by atoms with Crippen LogP contribution in [0.25, 0.3) is 0 Å². The van der Waals surface area contributed by atoms with E-state index in [1.54, 1.807) is 6.20 Å². The minimum atomic E-state index is -0.531. The first-order chi connectivity index (χ1) is 21.5. The summed E-state index contributed by atoms with van der Waals surface area (Å²) in [5.41, 5.74) is 5.33. The molecule has 0 rings (SSSR count). The van der Waals surface area contributed by atoms with Gasteiger partial charge in [-0.3, -0.25) is 14.4 Å². The monoisotopic (exact) mass is 639 g/mol. The van der Waals surface area contributed by atoms with E-state index in [4.69, 9.17) is 15.2 Å². The molecule has 0 aliphatic rings. The summed E-state index contributed by atoms with van der Waals surface area (Å²) >= 11 is 1.09. The Kier molecular flexibility index (Phi) is 30.7. The molecule has 1 amide bonds. The summed E-state index contributed by atoms with van der Waals surface area (Å²) in [7, 11) is 0. The average molecular weight is 640 g/mol. The molecule has 0 saturated heterocycles. The highest BCUT2D eigenvalue weighted by Gasteiger charge is 2.24. The maximum absolute atomic E-state index is 13.1. The molecule has 9 heteroatoms. The molecule has 44 heavy (non-hydrogen) atoms. The number of carbonyl (C=O) groups is 3. The van der Waals surface area contributed by atoms with Crippen LogP contribution in [0.15, 0.2) is 24.6 Å². The standard InChI is InChI=1S/C35H65N3O5S/c1-4-7-10-13-15-18-21-28-42-33(39)30-38(35(41)44-29-22-26-37-27-25-36)31-34(40)43-32(23-19-16-12-9-6-3)24-20-17-14-11-8-5-2/h18,21,25,27,32,37H,4-17,19-20,22-24,26,28-31,36H2,1-3H3/b21-18-,27-25-. The van der Waals surface area contributed by atoms with Crippen LogP contribution < -0.4 is 11.1 Å². The van der Waals surface area contributed by atoms with Gasteiger partial charge >= 0.3 is 11.9 Å². The zero-order valence-corrected chi connectivity index (χ0v) is 29.1. The van der Waals surface area contributed by atoms with Gasteiger partial charge < -0.3 is 25.4 Å². The van der Waals surface area contributed by atoms with Gasteiger partial charge in [0.05, 0.1) is 0 Å². The van der Waals surface area contributed by atoms with E-state index < -0.39 is 11.9 Å². The van der Waals surface area contributed by atoms with E-state index in [9.17, 15) is 14.4 Å². The zero-order chi connectivity index (χ0) is 32.5. The van der Waals surface area contributed by atoms with Gasteiger partial charge in [-0.25, -0.2) is 0 Å². The van der Waals surface area contributed by atoms with Crippen LogP contribution in [0.4, 0.5) is 4.79 Å². The van der Waals surface area contributed by atoms with Gasteiger partial charge in [-0.05, 0) is 44.9 Å². The summed E-state index contributed by atoms with van der Waals surface area (Å²) in [6.07, 6.45) is 27.8. The van der Waals surface area contributed by atoms with Crippen LogP contribution in [0.2, 0.25) is 0 Å². The van der Waals surface area contributed by atoms with Crippen LogP contribution in [0.5, 0.6) is 0 Å². The summed E-state index contributed by atoms with van der Waals surface area (Å²) in [5.74, 6) is -0.445. The minimum Gasteiger partial charge on any atom is -0.461 e. The second-order valence-electron chi connectivity index (χ2n) is 11.5. The number of nitrogens with one attached hydrogen (secondary N) is 1. The molecule has 0 aromatic heterocycles. The topological polar surface area (TPSA) is 111 Å². The Morgan fingerprint density at radius 1 is 0.750 bits per heavy atom. The smallest absolute Gasteiger partial charge is 0.326 e. The van der Waals surface area contributed by atoms with Crippen molar-refractivity contribution in [2.75, 3.05) is 32.0 Å². The van der Waals surface area contributed by atoms with Crippen molar-refractivity contribution in [3.63, 3.8) is 0 Å². The predicted octanol–water partition coefficient (Wildman–Crippen LogP) is 8.64. The Morgan fingerprint density at radius 2 is 1.32 bits per heavy atom. The van der Waals surface area contributed by atoms with Crippen LogP contribution in [0.3, 0.4) is 0 Å². The SMILES string of the molecule is CCCCCC/C=C\COC(=O)CN(CC(=O)OC(CCCCCCC)CCCCCCCC)C(=O)SCCCN/C=C\N. The van der Waals surface area contributed by atoms with Crippen molar-refractivity contribution in [2.45, 2.75) is 149 Å². The van der Waals surface area contributed by atoms with E-state index in [0.717, 1.165) is 69.5 Å². The summed E-state index contributed by atoms with van der Waals surface area (Å²) in [6.45, 7) is 6.89. The van der Waals surface area contributed by atoms with E-state index >= 15 is 0 Å². The second kappa shape index (κ2) is 32.2. The third-order valence-electron chi connectivity index (χ3n) is 7.34. The van der Waals surface area contributed by atoms with E-state index in [0.29, 0.717) is 12.3 Å². The molecule has 0 aromatic rings. The number of ether oxygens (including phenoxy) is 2. The summed E-state index contributed by atoms with van der Waals surface area (Å²) in [6, 6.07) is 0. The van der Waals surface area contributed by atoms with Crippen molar-refractivity contribution in [3.8, 4) is 0 Å². The Morgan fingerprint density at radius 3 is 1.93 bits per heavy atom. The molecular weight excluding hydrogens is 574 g/mol. The molecule has 0 fully saturated rings. The molecule has 8 nitrogen and oxygen atoms in total. The maximum atomic E-state index is 13.1. The van der Waals surface area contributed by atoms with E-state index in [1.807, 2.05) is 12.2 Å². The quantitative estimate of drug-likeness (QED) is 0.0456. The number of unbranched alkanes of at least 4 members (excludes halogenated alkanes) is 13. The summed E-state index contributed by atoms with van der Waals surface area (Å²) in [5, 5.41) is 2.70. The minimum absolute atomic E-state index is 0.156. The molecule has 0 aliphatic carbocycles. The number of hydrogen-bond acceptors (Lipinski definition) is 8. The molecule has 0 heterocycles. The summed E-state index contributed by atoms with van der Waals surface area (Å²) < 4.78 is 11.3. The number of nitrogens with zero attached hydrogens (tertiary/aromatic N) is 1. The normalized spacial score (nSPS) is 12.1. The Balaban J connectivity index is 5.06. The zero-order valence-electron chi connectivity index (χ0n) is 28.3. The Hall–Kier alpha value is -2.16.